The lowest BCUT2D eigenvalue weighted by Crippen LogP contribution is -2.40. The number of hydrogen-bond donors (Lipinski definition) is 7. The van der Waals surface area contributed by atoms with Gasteiger partial charge in [-0.3, -0.25) is 19.7 Å². The molecule has 1 atom stereocenters. The number of fused-ring (bicyclic) bond motifs is 1. The number of rotatable bonds is 16. The molecule has 0 saturated carbocycles. The van der Waals surface area contributed by atoms with Gasteiger partial charge >= 0.3 is 6.09 Å². The fourth-order valence-electron chi connectivity index (χ4n) is 7.46. The maximum Gasteiger partial charge on any atom is 0.411 e. The first kappa shape index (κ1) is 42.3. The minimum Gasteiger partial charge on any atom is -0.506 e. The quantitative estimate of drug-likeness (QED) is 0.0520. The average Bonchev–Trinajstić information content (AvgIpc) is 3.28. The van der Waals surface area contributed by atoms with Gasteiger partial charge < -0.3 is 40.8 Å². The molecule has 61 heavy (non-hydrogen) atoms. The minimum absolute atomic E-state index is 0.0542. The zero-order valence-electron chi connectivity index (χ0n) is 33.7. The average molecular weight is 823 g/mol. The van der Waals surface area contributed by atoms with Crippen molar-refractivity contribution in [2.24, 2.45) is 0 Å². The number of aromatic amines is 1. The van der Waals surface area contributed by atoms with Crippen LogP contribution in [0, 0.1) is 0 Å². The summed E-state index contributed by atoms with van der Waals surface area (Å²) < 4.78 is 5.75. The van der Waals surface area contributed by atoms with Crippen LogP contribution < -0.4 is 26.8 Å². The second kappa shape index (κ2) is 20.4. The van der Waals surface area contributed by atoms with Gasteiger partial charge in [0.2, 0.25) is 11.5 Å². The number of ether oxygens (including phenoxy) is 1. The van der Waals surface area contributed by atoms with Crippen molar-refractivity contribution < 1.29 is 29.3 Å². The van der Waals surface area contributed by atoms with E-state index in [1.807, 2.05) is 84.9 Å². The van der Waals surface area contributed by atoms with Gasteiger partial charge in [0.05, 0.1) is 17.3 Å². The molecular weight excluding hydrogens is 773 g/mol. The SMILES string of the molecule is O=C(CCN1CCC(OC(=O)Nc2ccccc2-c2ccccc2)CC1)NCc1cccc(C(=O)Nc2ccc(CCNC[C@H](O)c3ccc(O)c4[nH]c(=O)ccc34)cc2)c1. The van der Waals surface area contributed by atoms with Crippen LogP contribution in [-0.4, -0.2) is 76.8 Å². The molecule has 314 valence electrons. The Balaban J connectivity index is 0.782. The maximum absolute atomic E-state index is 13.1. The first-order chi connectivity index (χ1) is 29.7. The van der Waals surface area contributed by atoms with Crippen molar-refractivity contribution in [2.75, 3.05) is 43.4 Å². The topological polar surface area (TPSA) is 185 Å². The van der Waals surface area contributed by atoms with Crippen LogP contribution in [0.1, 0.15) is 52.4 Å². The lowest BCUT2D eigenvalue weighted by Gasteiger charge is -2.31. The Kier molecular flexibility index (Phi) is 14.2. The van der Waals surface area contributed by atoms with Gasteiger partial charge in [-0.1, -0.05) is 78.9 Å². The van der Waals surface area contributed by atoms with E-state index < -0.39 is 12.2 Å². The number of H-pyrrole nitrogens is 1. The Morgan fingerprint density at radius 1 is 0.820 bits per heavy atom. The van der Waals surface area contributed by atoms with Gasteiger partial charge in [-0.05, 0) is 90.5 Å². The summed E-state index contributed by atoms with van der Waals surface area (Å²) in [6.45, 7) is 3.22. The Labute approximate surface area is 353 Å². The molecule has 0 bridgehead atoms. The molecule has 5 aromatic carbocycles. The second-order valence-corrected chi connectivity index (χ2v) is 15.1. The first-order valence-corrected chi connectivity index (χ1v) is 20.5. The number of nitrogens with zero attached hydrogens (tertiary/aromatic N) is 1. The Morgan fingerprint density at radius 2 is 1.59 bits per heavy atom. The van der Waals surface area contributed by atoms with Crippen LogP contribution >= 0.6 is 0 Å². The number of likely N-dealkylation sites (tertiary alicyclic amines) is 1. The number of aliphatic hydroxyl groups excluding tert-OH is 1. The standard InChI is InChI=1S/C48H50N6O7/c55-42-19-17-39(40-18-20-45(58)53-46(40)42)43(56)31-49-25-21-32-13-15-36(16-14-32)51-47(59)35-10-6-7-33(29-35)30-50-44(57)24-28-54-26-22-37(23-27-54)61-48(60)52-41-12-5-4-11-38(41)34-8-2-1-3-9-34/h1-20,29,37,43,49,55-56H,21-28,30-31H2,(H,50,57)(H,51,59)(H,52,60)(H,53,58)/t43-/m0/s1. The fraction of sp³-hybridized carbons (Fsp3) is 0.250. The largest absolute Gasteiger partial charge is 0.506 e. The molecule has 13 heteroatoms. The summed E-state index contributed by atoms with van der Waals surface area (Å²) in [6, 6.07) is 38.3. The summed E-state index contributed by atoms with van der Waals surface area (Å²) in [5, 5.41) is 33.6. The van der Waals surface area contributed by atoms with Crippen LogP contribution in [0.25, 0.3) is 22.0 Å². The molecule has 13 nitrogen and oxygen atoms in total. The van der Waals surface area contributed by atoms with Crippen molar-refractivity contribution in [1.82, 2.24) is 20.5 Å². The highest BCUT2D eigenvalue weighted by molar-refractivity contribution is 6.04. The van der Waals surface area contributed by atoms with Crippen molar-refractivity contribution in [1.29, 1.82) is 0 Å². The zero-order chi connectivity index (χ0) is 42.6. The van der Waals surface area contributed by atoms with Crippen molar-refractivity contribution >= 4 is 40.2 Å². The smallest absolute Gasteiger partial charge is 0.411 e. The molecule has 0 unspecified atom stereocenters. The first-order valence-electron chi connectivity index (χ1n) is 20.5. The molecule has 1 aliphatic rings. The second-order valence-electron chi connectivity index (χ2n) is 15.1. The predicted molar refractivity (Wildman–Crippen MR) is 237 cm³/mol. The molecule has 1 aromatic heterocycles. The van der Waals surface area contributed by atoms with E-state index in [9.17, 15) is 29.4 Å². The summed E-state index contributed by atoms with van der Waals surface area (Å²) in [5.41, 5.74) is 6.18. The molecule has 0 aliphatic carbocycles. The monoisotopic (exact) mass is 822 g/mol. The summed E-state index contributed by atoms with van der Waals surface area (Å²) in [5.74, 6) is -0.397. The van der Waals surface area contributed by atoms with E-state index in [2.05, 4.69) is 31.2 Å². The zero-order valence-corrected chi connectivity index (χ0v) is 33.7. The molecule has 0 spiro atoms. The number of aromatic nitrogens is 1. The summed E-state index contributed by atoms with van der Waals surface area (Å²) in [7, 11) is 0. The van der Waals surface area contributed by atoms with E-state index in [-0.39, 0.29) is 35.8 Å². The van der Waals surface area contributed by atoms with Crippen molar-refractivity contribution in [3.63, 3.8) is 0 Å². The highest BCUT2D eigenvalue weighted by Gasteiger charge is 2.23. The molecule has 6 aromatic rings. The number of pyridine rings is 1. The van der Waals surface area contributed by atoms with Gasteiger partial charge in [0.1, 0.15) is 11.9 Å². The van der Waals surface area contributed by atoms with Crippen LogP contribution in [-0.2, 0) is 22.5 Å². The van der Waals surface area contributed by atoms with Gasteiger partial charge in [0.25, 0.3) is 5.91 Å². The van der Waals surface area contributed by atoms with Gasteiger partial charge in [0, 0.05) is 67.4 Å². The number of phenols is 1. The number of nitrogens with one attached hydrogen (secondary N) is 5. The predicted octanol–water partition coefficient (Wildman–Crippen LogP) is 6.74. The molecule has 1 saturated heterocycles. The Bertz CT molecular complexity index is 2500. The molecule has 2 heterocycles. The number of benzene rings is 5. The molecular formula is C48H50N6O7. The molecule has 1 fully saturated rings. The number of amides is 3. The molecule has 7 rings (SSSR count). The van der Waals surface area contributed by atoms with Gasteiger partial charge in [0.15, 0.2) is 0 Å². The Hall–Kier alpha value is -6.80. The van der Waals surface area contributed by atoms with E-state index in [1.165, 1.54) is 12.1 Å². The molecule has 1 aliphatic heterocycles. The number of piperidine rings is 1. The normalized spacial score (nSPS) is 13.7. The van der Waals surface area contributed by atoms with Crippen LogP contribution in [0.15, 0.2) is 132 Å². The van der Waals surface area contributed by atoms with Gasteiger partial charge in [-0.2, -0.15) is 0 Å². The third-order valence-electron chi connectivity index (χ3n) is 10.8. The minimum atomic E-state index is -0.845. The number of hydrogen-bond acceptors (Lipinski definition) is 9. The van der Waals surface area contributed by atoms with Gasteiger partial charge in [-0.15, -0.1) is 0 Å². The lowest BCUT2D eigenvalue weighted by atomic mass is 10.0. The summed E-state index contributed by atoms with van der Waals surface area (Å²) in [6.07, 6.45) is 0.879. The van der Waals surface area contributed by atoms with E-state index in [0.717, 1.165) is 35.3 Å². The van der Waals surface area contributed by atoms with Crippen LogP contribution in [0.5, 0.6) is 5.75 Å². The third-order valence-corrected chi connectivity index (χ3v) is 10.8. The number of carbonyl (C=O) groups is 3. The number of carbonyl (C=O) groups excluding carboxylic acids is 3. The highest BCUT2D eigenvalue weighted by atomic mass is 16.6. The molecule has 3 amide bonds. The molecule has 0 radical (unpaired) electrons. The van der Waals surface area contributed by atoms with Crippen LogP contribution in [0.3, 0.4) is 0 Å². The molecule has 7 N–H and O–H groups in total. The fourth-order valence-corrected chi connectivity index (χ4v) is 7.46. The van der Waals surface area contributed by atoms with Crippen LogP contribution in [0.2, 0.25) is 0 Å². The highest BCUT2D eigenvalue weighted by Crippen LogP contribution is 2.29. The number of anilines is 2. The number of phenolic OH excluding ortho intramolecular Hbond substituents is 1. The number of para-hydroxylation sites is 1. The van der Waals surface area contributed by atoms with Crippen LogP contribution in [0.4, 0.5) is 16.2 Å². The van der Waals surface area contributed by atoms with E-state index in [4.69, 9.17) is 4.74 Å². The van der Waals surface area contributed by atoms with Crippen molar-refractivity contribution in [3.05, 3.63) is 160 Å². The van der Waals surface area contributed by atoms with E-state index >= 15 is 0 Å². The third kappa shape index (κ3) is 11.7. The van der Waals surface area contributed by atoms with Crippen molar-refractivity contribution in [3.8, 4) is 16.9 Å². The van der Waals surface area contributed by atoms with E-state index in [0.29, 0.717) is 78.7 Å². The van der Waals surface area contributed by atoms with Gasteiger partial charge in [-0.25, -0.2) is 4.79 Å². The van der Waals surface area contributed by atoms with E-state index in [1.54, 1.807) is 30.3 Å². The number of aromatic hydroxyl groups is 1. The maximum atomic E-state index is 13.1. The summed E-state index contributed by atoms with van der Waals surface area (Å²) in [4.78, 5) is 55.2. The summed E-state index contributed by atoms with van der Waals surface area (Å²) >= 11 is 0. The number of aliphatic hydroxyl groups is 1. The van der Waals surface area contributed by atoms with Crippen molar-refractivity contribution in [2.45, 2.75) is 44.4 Å². The lowest BCUT2D eigenvalue weighted by molar-refractivity contribution is -0.121. The Morgan fingerprint density at radius 3 is 2.39 bits per heavy atom.